The lowest BCUT2D eigenvalue weighted by Gasteiger charge is -2.39. The van der Waals surface area contributed by atoms with E-state index in [1.165, 1.54) is 22.8 Å². The Morgan fingerprint density at radius 3 is 2.43 bits per heavy atom. The Bertz CT molecular complexity index is 3010. The number of amides is 1. The van der Waals surface area contributed by atoms with Crippen LogP contribution < -0.4 is 14.9 Å². The lowest BCUT2D eigenvalue weighted by atomic mass is 9.72. The summed E-state index contributed by atoms with van der Waals surface area (Å²) in [5.41, 5.74) is 4.68. The number of piperidine rings is 1. The fourth-order valence-corrected chi connectivity index (χ4v) is 10.6. The highest BCUT2D eigenvalue weighted by Gasteiger charge is 2.35. The number of nitro benzene ring substituents is 1. The van der Waals surface area contributed by atoms with Crippen LogP contribution in [0, 0.1) is 15.5 Å². The van der Waals surface area contributed by atoms with E-state index in [0.717, 1.165) is 56.7 Å². The molecular weight excluding hydrogens is 899 g/mol. The molecule has 16 nitrogen and oxygen atoms in total. The largest absolute Gasteiger partial charge is 0.376 e. The summed E-state index contributed by atoms with van der Waals surface area (Å²) in [6, 6.07) is 20.2. The number of pyridine rings is 1. The molecule has 3 aromatic heterocycles. The monoisotopic (exact) mass is 952 g/mol. The van der Waals surface area contributed by atoms with E-state index >= 15 is 4.39 Å². The molecule has 3 aromatic carbocycles. The summed E-state index contributed by atoms with van der Waals surface area (Å²) in [7, 11) is -2.78. The number of hydrogen-bond acceptors (Lipinski definition) is 12. The Balaban J connectivity index is 0.987. The Kier molecular flexibility index (Phi) is 12.6. The number of aliphatic hydroxyl groups is 1. The van der Waals surface area contributed by atoms with Crippen molar-refractivity contribution in [3.05, 3.63) is 117 Å². The first-order chi connectivity index (χ1) is 32.0. The van der Waals surface area contributed by atoms with Gasteiger partial charge in [-0.25, -0.2) is 27.2 Å². The Morgan fingerprint density at radius 2 is 1.72 bits per heavy atom. The van der Waals surface area contributed by atoms with E-state index < -0.39 is 37.1 Å². The molecule has 3 aliphatic rings. The number of hydrogen-bond donors (Lipinski definition) is 3. The van der Waals surface area contributed by atoms with Gasteiger partial charge in [0.1, 0.15) is 29.3 Å². The van der Waals surface area contributed by atoms with Crippen LogP contribution in [0.15, 0.2) is 95.7 Å². The minimum absolute atomic E-state index is 0.0231. The average molecular weight is 954 g/mol. The quantitative estimate of drug-likeness (QED) is 0.0761. The van der Waals surface area contributed by atoms with Crippen LogP contribution >= 0.6 is 11.6 Å². The first-order valence-electron chi connectivity index (χ1n) is 22.5. The number of benzene rings is 3. The molecule has 0 radical (unpaired) electrons. The maximum Gasteiger partial charge on any atom is 0.293 e. The molecule has 19 heteroatoms. The number of carbonyl (C=O) groups excluding carboxylic acids is 1. The van der Waals surface area contributed by atoms with E-state index in [9.17, 15) is 28.4 Å². The number of alkyl halides is 1. The van der Waals surface area contributed by atoms with Crippen LogP contribution in [0.1, 0.15) is 61.9 Å². The number of aromatic nitrogens is 4. The third-order valence-electron chi connectivity index (χ3n) is 13.6. The molecule has 2 aliphatic heterocycles. The summed E-state index contributed by atoms with van der Waals surface area (Å²) in [4.78, 5) is 36.7. The molecule has 5 heterocycles. The van der Waals surface area contributed by atoms with Crippen molar-refractivity contribution < 1.29 is 27.6 Å². The number of anilines is 2. The zero-order valence-electron chi connectivity index (χ0n) is 37.7. The van der Waals surface area contributed by atoms with Gasteiger partial charge in [-0.15, -0.1) is 0 Å². The zero-order chi connectivity index (χ0) is 47.3. The van der Waals surface area contributed by atoms with Gasteiger partial charge < -0.3 is 24.8 Å². The SMILES string of the molecule is CN1CCC(F)(CNc2ccc(S(=O)(=O)NC(=O)c3ccc(N4CCN(CC5=C(c6ccc(Cl)cc6)CC(C)(C)CC5)CC4)cc3-n3ncc4nc5c(ccn5CO)cc43)cc2[N+](=O)[O-])CC1. The molecule has 2 fully saturated rings. The number of allylic oxidation sites excluding steroid dienone is 1. The van der Waals surface area contributed by atoms with Crippen LogP contribution in [0.3, 0.4) is 0 Å². The van der Waals surface area contributed by atoms with Crippen LogP contribution in [-0.2, 0) is 16.8 Å². The predicted octanol–water partition coefficient (Wildman–Crippen LogP) is 7.64. The Hall–Kier alpha value is -5.92. The third-order valence-corrected chi connectivity index (χ3v) is 15.2. The minimum Gasteiger partial charge on any atom is -0.376 e. The van der Waals surface area contributed by atoms with Gasteiger partial charge in [0, 0.05) is 80.7 Å². The molecule has 9 rings (SSSR count). The second-order valence-electron chi connectivity index (χ2n) is 18.9. The molecule has 0 spiro atoms. The van der Waals surface area contributed by atoms with Crippen molar-refractivity contribution in [3.8, 4) is 5.69 Å². The lowest BCUT2D eigenvalue weighted by Crippen LogP contribution is -2.47. The molecule has 1 aliphatic carbocycles. The van der Waals surface area contributed by atoms with Crippen LogP contribution in [0.5, 0.6) is 0 Å². The average Bonchev–Trinajstić information content (AvgIpc) is 3.92. The summed E-state index contributed by atoms with van der Waals surface area (Å²) in [6.45, 7) is 9.10. The molecule has 1 amide bonds. The number of sulfonamides is 1. The maximum absolute atomic E-state index is 15.5. The number of nitrogens with zero attached hydrogens (tertiary/aromatic N) is 8. The van der Waals surface area contributed by atoms with Gasteiger partial charge >= 0.3 is 0 Å². The Morgan fingerprint density at radius 1 is 0.970 bits per heavy atom. The summed E-state index contributed by atoms with van der Waals surface area (Å²) in [6.07, 6.45) is 6.88. The second-order valence-corrected chi connectivity index (χ2v) is 21.0. The van der Waals surface area contributed by atoms with Crippen molar-refractivity contribution >= 4 is 72.2 Å². The van der Waals surface area contributed by atoms with Gasteiger partial charge in [0.15, 0.2) is 0 Å². The van der Waals surface area contributed by atoms with Gasteiger partial charge in [-0.1, -0.05) is 43.2 Å². The highest BCUT2D eigenvalue weighted by molar-refractivity contribution is 7.90. The van der Waals surface area contributed by atoms with Crippen molar-refractivity contribution in [2.45, 2.75) is 63.2 Å². The highest BCUT2D eigenvalue weighted by Crippen LogP contribution is 2.43. The number of likely N-dealkylation sites (tertiary alicyclic amines) is 1. The number of rotatable bonds is 13. The molecule has 2 saturated heterocycles. The van der Waals surface area contributed by atoms with Gasteiger partial charge in [0.2, 0.25) is 0 Å². The van der Waals surface area contributed by atoms with Crippen LogP contribution in [0.4, 0.5) is 21.5 Å². The number of nitro groups is 1. The van der Waals surface area contributed by atoms with Crippen LogP contribution in [0.2, 0.25) is 5.02 Å². The van der Waals surface area contributed by atoms with Crippen molar-refractivity contribution in [3.63, 3.8) is 0 Å². The fourth-order valence-electron chi connectivity index (χ4n) is 9.51. The predicted molar refractivity (Wildman–Crippen MR) is 258 cm³/mol. The van der Waals surface area contributed by atoms with E-state index in [1.807, 2.05) is 36.2 Å². The summed E-state index contributed by atoms with van der Waals surface area (Å²) in [5.74, 6) is -0.984. The molecule has 3 N–H and O–H groups in total. The zero-order valence-corrected chi connectivity index (χ0v) is 39.3. The lowest BCUT2D eigenvalue weighted by molar-refractivity contribution is -0.384. The van der Waals surface area contributed by atoms with E-state index in [0.29, 0.717) is 53.3 Å². The van der Waals surface area contributed by atoms with E-state index in [4.69, 9.17) is 16.6 Å². The van der Waals surface area contributed by atoms with Gasteiger partial charge in [-0.3, -0.25) is 19.8 Å². The maximum atomic E-state index is 15.5. The van der Waals surface area contributed by atoms with Gasteiger partial charge in [0.25, 0.3) is 21.6 Å². The topological polar surface area (TPSA) is 184 Å². The molecule has 0 bridgehead atoms. The normalized spacial score (nSPS) is 18.1. The van der Waals surface area contributed by atoms with Gasteiger partial charge in [0.05, 0.1) is 32.8 Å². The fraction of sp³-hybridized carbons (Fsp3) is 0.396. The van der Waals surface area contributed by atoms with Crippen LogP contribution in [-0.4, -0.2) is 119 Å². The highest BCUT2D eigenvalue weighted by atomic mass is 35.5. The first kappa shape index (κ1) is 46.2. The van der Waals surface area contributed by atoms with Crippen molar-refractivity contribution in [1.29, 1.82) is 0 Å². The van der Waals surface area contributed by atoms with Crippen molar-refractivity contribution in [2.75, 3.05) is 69.6 Å². The first-order valence-corrected chi connectivity index (χ1v) is 24.3. The molecule has 0 atom stereocenters. The molecular formula is C48H54ClFN10O6S. The second kappa shape index (κ2) is 18.3. The third kappa shape index (κ3) is 9.76. The van der Waals surface area contributed by atoms with E-state index in [1.54, 1.807) is 39.8 Å². The van der Waals surface area contributed by atoms with Gasteiger partial charge in [-0.2, -0.15) is 5.10 Å². The van der Waals surface area contributed by atoms with Crippen LogP contribution in [0.25, 0.3) is 33.3 Å². The van der Waals surface area contributed by atoms with Gasteiger partial charge in [-0.05, 0) is 110 Å². The number of halogens is 2. The summed E-state index contributed by atoms with van der Waals surface area (Å²) >= 11 is 6.26. The number of aliphatic hydroxyl groups excluding tert-OH is 1. The minimum atomic E-state index is -4.68. The Labute approximate surface area is 393 Å². The standard InChI is InChI=1S/C48H54ClFN10O6S/c1-47(2)14-12-34(39(27-47)32-4-6-35(49)7-5-32)29-56-20-22-57(23-21-56)36-8-10-38(42(25-36)59-43-24-33-13-17-58(31-61)45(33)53-41(43)28-52-59)46(62)54-67(65,66)37-9-11-40(44(26-37)60(63)64)51-30-48(50)15-18-55(3)19-16-48/h4-11,13,17,24-26,28,51,61H,12,14-16,18-23,27,29-31H2,1-3H3,(H,54,62). The molecule has 6 aromatic rings. The van der Waals surface area contributed by atoms with E-state index in [-0.39, 0.29) is 48.5 Å². The van der Waals surface area contributed by atoms with E-state index in [2.05, 4.69) is 50.9 Å². The molecule has 0 saturated carbocycles. The van der Waals surface area contributed by atoms with Crippen molar-refractivity contribution in [1.82, 2.24) is 33.9 Å². The number of fused-ring (bicyclic) bond motifs is 2. The molecule has 0 unspecified atom stereocenters. The number of carbonyl (C=O) groups is 1. The summed E-state index contributed by atoms with van der Waals surface area (Å²) < 4.78 is 48.6. The molecule has 352 valence electrons. The number of nitrogens with one attached hydrogen (secondary N) is 2. The smallest absolute Gasteiger partial charge is 0.293 e. The van der Waals surface area contributed by atoms with Crippen molar-refractivity contribution in [2.24, 2.45) is 5.41 Å². The molecule has 67 heavy (non-hydrogen) atoms. The number of piperazine rings is 1. The summed E-state index contributed by atoms with van der Waals surface area (Å²) in [5, 5.41) is 31.0.